The summed E-state index contributed by atoms with van der Waals surface area (Å²) < 4.78 is 10.1. The van der Waals surface area contributed by atoms with Crippen LogP contribution < -0.4 is 9.47 Å². The zero-order valence-electron chi connectivity index (χ0n) is 12.1. The van der Waals surface area contributed by atoms with Crippen molar-refractivity contribution in [2.75, 3.05) is 27.3 Å². The molecule has 8 heteroatoms. The van der Waals surface area contributed by atoms with E-state index in [9.17, 15) is 14.7 Å². The number of aromatic nitrogens is 2. The van der Waals surface area contributed by atoms with Crippen LogP contribution in [0, 0.1) is 5.41 Å². The summed E-state index contributed by atoms with van der Waals surface area (Å²) >= 11 is 0. The van der Waals surface area contributed by atoms with Crippen molar-refractivity contribution in [1.29, 1.82) is 0 Å². The third kappa shape index (κ3) is 2.61. The van der Waals surface area contributed by atoms with Crippen molar-refractivity contribution in [3.05, 3.63) is 11.9 Å². The van der Waals surface area contributed by atoms with Gasteiger partial charge in [-0.15, -0.1) is 0 Å². The van der Waals surface area contributed by atoms with Gasteiger partial charge in [0.15, 0.2) is 5.56 Å². The Kier molecular flexibility index (Phi) is 3.97. The van der Waals surface area contributed by atoms with Gasteiger partial charge in [0.2, 0.25) is 11.8 Å². The molecule has 0 aromatic carbocycles. The van der Waals surface area contributed by atoms with Gasteiger partial charge in [-0.05, 0) is 13.3 Å². The van der Waals surface area contributed by atoms with Crippen molar-refractivity contribution in [2.24, 2.45) is 5.41 Å². The molecule has 8 nitrogen and oxygen atoms in total. The summed E-state index contributed by atoms with van der Waals surface area (Å²) in [6.45, 7) is 2.10. The molecule has 1 unspecified atom stereocenters. The Hall–Kier alpha value is -2.38. The summed E-state index contributed by atoms with van der Waals surface area (Å²) in [4.78, 5) is 33.1. The first-order valence-corrected chi connectivity index (χ1v) is 6.38. The van der Waals surface area contributed by atoms with E-state index < -0.39 is 17.3 Å². The maximum Gasteiger partial charge on any atom is 0.311 e. The highest BCUT2D eigenvalue weighted by molar-refractivity contribution is 5.99. The Labute approximate surface area is 121 Å². The van der Waals surface area contributed by atoms with Crippen LogP contribution in [0.5, 0.6) is 11.8 Å². The molecule has 0 saturated carbocycles. The SMILES string of the molecule is COc1ncnc(OC)c1C(=O)N1CCC(C)(C(=O)O)C1. The maximum absolute atomic E-state index is 12.6. The Morgan fingerprint density at radius 2 is 1.86 bits per heavy atom. The van der Waals surface area contributed by atoms with E-state index in [2.05, 4.69) is 9.97 Å². The standard InChI is InChI=1S/C13H17N3O5/c1-13(12(18)19)4-5-16(6-13)11(17)8-9(20-2)14-7-15-10(8)21-3/h7H,4-6H2,1-3H3,(H,18,19). The number of carbonyl (C=O) groups excluding carboxylic acids is 1. The Morgan fingerprint density at radius 3 is 2.29 bits per heavy atom. The first-order valence-electron chi connectivity index (χ1n) is 6.38. The molecule has 1 aliphatic rings. The van der Waals surface area contributed by atoms with Crippen LogP contribution in [0.1, 0.15) is 23.7 Å². The monoisotopic (exact) mass is 295 g/mol. The zero-order chi connectivity index (χ0) is 15.6. The van der Waals surface area contributed by atoms with Gasteiger partial charge in [-0.1, -0.05) is 0 Å². The van der Waals surface area contributed by atoms with Crippen molar-refractivity contribution >= 4 is 11.9 Å². The van der Waals surface area contributed by atoms with Gasteiger partial charge in [-0.3, -0.25) is 9.59 Å². The number of hydrogen-bond donors (Lipinski definition) is 1. The predicted octanol–water partition coefficient (Wildman–Crippen LogP) is 0.431. The molecule has 2 heterocycles. The molecule has 114 valence electrons. The van der Waals surface area contributed by atoms with E-state index in [-0.39, 0.29) is 23.9 Å². The molecule has 1 N–H and O–H groups in total. The summed E-state index contributed by atoms with van der Waals surface area (Å²) in [5.41, 5.74) is -0.830. The lowest BCUT2D eigenvalue weighted by Crippen LogP contribution is -2.35. The molecular weight excluding hydrogens is 278 g/mol. The Morgan fingerprint density at radius 1 is 1.29 bits per heavy atom. The predicted molar refractivity (Wildman–Crippen MR) is 71.4 cm³/mol. The van der Waals surface area contributed by atoms with E-state index in [1.165, 1.54) is 25.4 Å². The van der Waals surface area contributed by atoms with Gasteiger partial charge in [0.1, 0.15) is 6.33 Å². The van der Waals surface area contributed by atoms with Crippen molar-refractivity contribution < 1.29 is 24.2 Å². The molecule has 1 aromatic heterocycles. The molecule has 0 bridgehead atoms. The molecular formula is C13H17N3O5. The first-order chi connectivity index (χ1) is 9.92. The van der Waals surface area contributed by atoms with Crippen LogP contribution >= 0.6 is 0 Å². The number of aliphatic carboxylic acids is 1. The minimum atomic E-state index is -0.939. The highest BCUT2D eigenvalue weighted by atomic mass is 16.5. The van der Waals surface area contributed by atoms with Gasteiger partial charge in [0.25, 0.3) is 5.91 Å². The van der Waals surface area contributed by atoms with E-state index in [1.54, 1.807) is 6.92 Å². The van der Waals surface area contributed by atoms with Crippen LogP contribution in [0.2, 0.25) is 0 Å². The van der Waals surface area contributed by atoms with Gasteiger partial charge in [-0.2, -0.15) is 0 Å². The van der Waals surface area contributed by atoms with Gasteiger partial charge in [-0.25, -0.2) is 9.97 Å². The van der Waals surface area contributed by atoms with Crippen LogP contribution in [0.3, 0.4) is 0 Å². The van der Waals surface area contributed by atoms with Crippen LogP contribution in [-0.4, -0.2) is 59.2 Å². The summed E-state index contributed by atoms with van der Waals surface area (Å²) in [5, 5.41) is 9.23. The van der Waals surface area contributed by atoms with E-state index in [0.29, 0.717) is 13.0 Å². The highest BCUT2D eigenvalue weighted by Gasteiger charge is 2.43. The van der Waals surface area contributed by atoms with E-state index >= 15 is 0 Å². The molecule has 1 aromatic rings. The fraction of sp³-hybridized carbons (Fsp3) is 0.538. The second kappa shape index (κ2) is 5.55. The summed E-state index contributed by atoms with van der Waals surface area (Å²) in [6.07, 6.45) is 1.63. The molecule has 1 aliphatic heterocycles. The number of amides is 1. The molecule has 1 atom stereocenters. The summed E-state index contributed by atoms with van der Waals surface area (Å²) in [5.74, 6) is -1.10. The smallest absolute Gasteiger partial charge is 0.311 e. The number of nitrogens with zero attached hydrogens (tertiary/aromatic N) is 3. The number of likely N-dealkylation sites (tertiary alicyclic amines) is 1. The lowest BCUT2D eigenvalue weighted by atomic mass is 9.90. The maximum atomic E-state index is 12.6. The minimum absolute atomic E-state index is 0.107. The number of ether oxygens (including phenoxy) is 2. The molecule has 0 radical (unpaired) electrons. The lowest BCUT2D eigenvalue weighted by molar-refractivity contribution is -0.147. The Balaban J connectivity index is 2.32. The number of rotatable bonds is 4. The fourth-order valence-electron chi connectivity index (χ4n) is 2.31. The second-order valence-electron chi connectivity index (χ2n) is 5.11. The molecule has 0 aliphatic carbocycles. The first kappa shape index (κ1) is 15.0. The van der Waals surface area contributed by atoms with Crippen molar-refractivity contribution in [3.63, 3.8) is 0 Å². The number of carbonyl (C=O) groups is 2. The van der Waals surface area contributed by atoms with Crippen LogP contribution in [0.15, 0.2) is 6.33 Å². The lowest BCUT2D eigenvalue weighted by Gasteiger charge is -2.21. The Bertz CT molecular complexity index is 555. The third-order valence-corrected chi connectivity index (χ3v) is 3.66. The van der Waals surface area contributed by atoms with Gasteiger partial charge < -0.3 is 19.5 Å². The number of carboxylic acid groups (broad SMARTS) is 1. The number of hydrogen-bond acceptors (Lipinski definition) is 6. The van der Waals surface area contributed by atoms with Gasteiger partial charge in [0, 0.05) is 13.1 Å². The third-order valence-electron chi connectivity index (χ3n) is 3.66. The normalized spacial score (nSPS) is 21.2. The molecule has 1 fully saturated rings. The highest BCUT2D eigenvalue weighted by Crippen LogP contribution is 2.33. The molecule has 0 spiro atoms. The van der Waals surface area contributed by atoms with E-state index in [1.807, 2.05) is 0 Å². The fourth-order valence-corrected chi connectivity index (χ4v) is 2.31. The van der Waals surface area contributed by atoms with Crippen molar-refractivity contribution in [3.8, 4) is 11.8 Å². The van der Waals surface area contributed by atoms with Crippen LogP contribution in [0.4, 0.5) is 0 Å². The van der Waals surface area contributed by atoms with E-state index in [4.69, 9.17) is 9.47 Å². The molecule has 1 saturated heterocycles. The average Bonchev–Trinajstić information content (AvgIpc) is 2.89. The van der Waals surface area contributed by atoms with Gasteiger partial charge in [0.05, 0.1) is 19.6 Å². The van der Waals surface area contributed by atoms with Gasteiger partial charge >= 0.3 is 5.97 Å². The number of carboxylic acids is 1. The summed E-state index contributed by atoms with van der Waals surface area (Å²) in [6, 6.07) is 0. The second-order valence-corrected chi connectivity index (χ2v) is 5.11. The van der Waals surface area contributed by atoms with Crippen LogP contribution in [-0.2, 0) is 4.79 Å². The largest absolute Gasteiger partial charge is 0.481 e. The molecule has 1 amide bonds. The van der Waals surface area contributed by atoms with Crippen molar-refractivity contribution in [1.82, 2.24) is 14.9 Å². The quantitative estimate of drug-likeness (QED) is 0.859. The minimum Gasteiger partial charge on any atom is -0.481 e. The average molecular weight is 295 g/mol. The zero-order valence-corrected chi connectivity index (χ0v) is 12.1. The molecule has 2 rings (SSSR count). The number of methoxy groups -OCH3 is 2. The van der Waals surface area contributed by atoms with E-state index in [0.717, 1.165) is 0 Å². The molecule has 21 heavy (non-hydrogen) atoms. The van der Waals surface area contributed by atoms with Crippen LogP contribution in [0.25, 0.3) is 0 Å². The van der Waals surface area contributed by atoms with Crippen molar-refractivity contribution in [2.45, 2.75) is 13.3 Å². The summed E-state index contributed by atoms with van der Waals surface area (Å²) in [7, 11) is 2.79. The topological polar surface area (TPSA) is 102 Å².